The van der Waals surface area contributed by atoms with Crippen LogP contribution < -0.4 is 0 Å². The Hall–Kier alpha value is -3.74. The number of hydrogen-bond donors (Lipinski definition) is 1. The van der Waals surface area contributed by atoms with Crippen molar-refractivity contribution >= 4 is 17.4 Å². The number of rotatable bonds is 4. The number of likely N-dealkylation sites (tertiary alicyclic amines) is 1. The summed E-state index contributed by atoms with van der Waals surface area (Å²) in [5.74, 6) is -0.119. The van der Waals surface area contributed by atoms with Crippen LogP contribution in [0, 0.1) is 5.92 Å². The van der Waals surface area contributed by atoms with Crippen molar-refractivity contribution in [1.29, 1.82) is 0 Å². The van der Waals surface area contributed by atoms with Gasteiger partial charge in [-0.1, -0.05) is 36.4 Å². The molecule has 1 N–H and O–H groups in total. The van der Waals surface area contributed by atoms with E-state index in [1.165, 1.54) is 11.1 Å². The van der Waals surface area contributed by atoms with Crippen LogP contribution >= 0.6 is 0 Å². The van der Waals surface area contributed by atoms with Crippen molar-refractivity contribution in [2.24, 2.45) is 5.92 Å². The van der Waals surface area contributed by atoms with Gasteiger partial charge in [-0.15, -0.1) is 0 Å². The van der Waals surface area contributed by atoms with Gasteiger partial charge in [0.25, 0.3) is 5.91 Å². The Labute approximate surface area is 193 Å². The smallest absolute Gasteiger partial charge is 0.271 e. The van der Waals surface area contributed by atoms with Crippen molar-refractivity contribution < 1.29 is 9.59 Å². The lowest BCUT2D eigenvalue weighted by Crippen LogP contribution is -2.47. The molecule has 0 spiro atoms. The van der Waals surface area contributed by atoms with E-state index in [4.69, 9.17) is 0 Å². The summed E-state index contributed by atoms with van der Waals surface area (Å²) in [6, 6.07) is 15.8. The number of H-pyrrole nitrogens is 1. The molecule has 2 amide bonds. The largest absolute Gasteiger partial charge is 0.338 e. The van der Waals surface area contributed by atoms with Gasteiger partial charge in [0.1, 0.15) is 5.69 Å². The number of hydrogen-bond acceptors (Lipinski definition) is 4. The highest BCUT2D eigenvalue weighted by Crippen LogP contribution is 2.26. The molecule has 7 nitrogen and oxygen atoms in total. The fourth-order valence-electron chi connectivity index (χ4n) is 4.67. The SMILES string of the molecule is O=C(c1cc(-c2cccnc2)n[nH]1)N1CCC[C@H](C(=O)N2CC=C(c3ccccc3)CC2)C1. The predicted molar refractivity (Wildman–Crippen MR) is 126 cm³/mol. The van der Waals surface area contributed by atoms with Crippen LogP contribution in [-0.4, -0.2) is 63.0 Å². The molecule has 2 aromatic heterocycles. The van der Waals surface area contributed by atoms with E-state index in [1.54, 1.807) is 23.4 Å². The molecular weight excluding hydrogens is 414 g/mol. The fraction of sp³-hybridized carbons (Fsp3) is 0.308. The molecule has 33 heavy (non-hydrogen) atoms. The normalized spacial score (nSPS) is 18.7. The molecule has 0 radical (unpaired) electrons. The molecule has 0 saturated carbocycles. The summed E-state index contributed by atoms with van der Waals surface area (Å²) < 4.78 is 0. The minimum Gasteiger partial charge on any atom is -0.338 e. The van der Waals surface area contributed by atoms with E-state index < -0.39 is 0 Å². The zero-order chi connectivity index (χ0) is 22.6. The number of carbonyl (C=O) groups excluding carboxylic acids is 2. The minimum atomic E-state index is -0.157. The van der Waals surface area contributed by atoms with Gasteiger partial charge in [-0.3, -0.25) is 19.7 Å². The van der Waals surface area contributed by atoms with Crippen molar-refractivity contribution in [3.8, 4) is 11.3 Å². The second-order valence-corrected chi connectivity index (χ2v) is 8.63. The first-order valence-electron chi connectivity index (χ1n) is 11.5. The molecule has 168 valence electrons. The molecule has 4 heterocycles. The van der Waals surface area contributed by atoms with Gasteiger partial charge in [-0.25, -0.2) is 0 Å². The van der Waals surface area contributed by atoms with Crippen molar-refractivity contribution in [3.63, 3.8) is 0 Å². The topological polar surface area (TPSA) is 82.2 Å². The minimum absolute atomic E-state index is 0.111. The van der Waals surface area contributed by atoms with E-state index >= 15 is 0 Å². The maximum Gasteiger partial charge on any atom is 0.271 e. The first-order chi connectivity index (χ1) is 16.2. The summed E-state index contributed by atoms with van der Waals surface area (Å²) in [6.07, 6.45) is 8.08. The van der Waals surface area contributed by atoms with Crippen molar-refractivity contribution in [1.82, 2.24) is 25.0 Å². The van der Waals surface area contributed by atoms with Gasteiger partial charge in [0.05, 0.1) is 11.6 Å². The number of aromatic nitrogens is 3. The maximum absolute atomic E-state index is 13.2. The van der Waals surface area contributed by atoms with Crippen molar-refractivity contribution in [3.05, 3.63) is 78.3 Å². The lowest BCUT2D eigenvalue weighted by atomic mass is 9.94. The van der Waals surface area contributed by atoms with Crippen LogP contribution in [0.1, 0.15) is 35.3 Å². The van der Waals surface area contributed by atoms with Gasteiger partial charge in [-0.2, -0.15) is 5.10 Å². The van der Waals surface area contributed by atoms with Gasteiger partial charge >= 0.3 is 0 Å². The summed E-state index contributed by atoms with van der Waals surface area (Å²) in [5, 5.41) is 7.12. The lowest BCUT2D eigenvalue weighted by molar-refractivity contribution is -0.136. The van der Waals surface area contributed by atoms with Gasteiger partial charge in [0.15, 0.2) is 0 Å². The number of pyridine rings is 1. The van der Waals surface area contributed by atoms with Crippen LogP contribution in [0.25, 0.3) is 16.8 Å². The number of amides is 2. The zero-order valence-electron chi connectivity index (χ0n) is 18.5. The Morgan fingerprint density at radius 2 is 1.85 bits per heavy atom. The van der Waals surface area contributed by atoms with Crippen LogP contribution in [0.3, 0.4) is 0 Å². The Morgan fingerprint density at radius 1 is 1.00 bits per heavy atom. The Bertz CT molecular complexity index is 1160. The Morgan fingerprint density at radius 3 is 2.61 bits per heavy atom. The molecular formula is C26H27N5O2. The molecule has 2 aliphatic heterocycles. The molecule has 1 saturated heterocycles. The third-order valence-electron chi connectivity index (χ3n) is 6.49. The monoisotopic (exact) mass is 441 g/mol. The van der Waals surface area contributed by atoms with Gasteiger partial charge < -0.3 is 9.80 Å². The standard InChI is InChI=1S/C26H27N5O2/c32-25(30-14-10-20(11-15-30)19-6-2-1-3-7-19)22-9-5-13-31(18-22)26(33)24-16-23(28-29-24)21-8-4-12-27-17-21/h1-4,6-8,10,12,16-17,22H,5,9,11,13-15,18H2,(H,28,29)/t22-/m0/s1. The van der Waals surface area contributed by atoms with Crippen LogP contribution in [0.4, 0.5) is 0 Å². The number of carbonyl (C=O) groups is 2. The lowest BCUT2D eigenvalue weighted by Gasteiger charge is -2.35. The summed E-state index contributed by atoms with van der Waals surface area (Å²) in [5.41, 5.74) is 4.50. The van der Waals surface area contributed by atoms with E-state index in [1.807, 2.05) is 35.2 Å². The highest BCUT2D eigenvalue weighted by Gasteiger charge is 2.32. The summed E-state index contributed by atoms with van der Waals surface area (Å²) >= 11 is 0. The van der Waals surface area contributed by atoms with Crippen LogP contribution in [0.2, 0.25) is 0 Å². The van der Waals surface area contributed by atoms with Crippen molar-refractivity contribution in [2.45, 2.75) is 19.3 Å². The summed E-state index contributed by atoms with van der Waals surface area (Å²) in [4.78, 5) is 34.1. The molecule has 0 unspecified atom stereocenters. The average Bonchev–Trinajstić information content (AvgIpc) is 3.39. The second-order valence-electron chi connectivity index (χ2n) is 8.63. The first-order valence-corrected chi connectivity index (χ1v) is 11.5. The molecule has 1 aromatic carbocycles. The summed E-state index contributed by atoms with van der Waals surface area (Å²) in [7, 11) is 0. The second kappa shape index (κ2) is 9.40. The highest BCUT2D eigenvalue weighted by molar-refractivity contribution is 5.94. The predicted octanol–water partition coefficient (Wildman–Crippen LogP) is 3.64. The molecule has 3 aromatic rings. The number of benzene rings is 1. The fourth-order valence-corrected chi connectivity index (χ4v) is 4.67. The van der Waals surface area contributed by atoms with Gasteiger partial charge in [-0.05, 0) is 48.6 Å². The van der Waals surface area contributed by atoms with Crippen LogP contribution in [-0.2, 0) is 4.79 Å². The van der Waals surface area contributed by atoms with E-state index in [9.17, 15) is 9.59 Å². The first kappa shape index (κ1) is 21.1. The number of aromatic amines is 1. The molecule has 5 rings (SSSR count). The van der Waals surface area contributed by atoms with Crippen molar-refractivity contribution in [2.75, 3.05) is 26.2 Å². The van der Waals surface area contributed by atoms with E-state index in [0.29, 0.717) is 31.0 Å². The van der Waals surface area contributed by atoms with Gasteiger partial charge in [0.2, 0.25) is 5.91 Å². The summed E-state index contributed by atoms with van der Waals surface area (Å²) in [6.45, 7) is 2.45. The molecule has 0 bridgehead atoms. The number of nitrogens with zero attached hydrogens (tertiary/aromatic N) is 4. The van der Waals surface area contributed by atoms with Crippen LogP contribution in [0.5, 0.6) is 0 Å². The molecule has 1 atom stereocenters. The van der Waals surface area contributed by atoms with E-state index in [-0.39, 0.29) is 17.7 Å². The third kappa shape index (κ3) is 4.58. The van der Waals surface area contributed by atoms with E-state index in [0.717, 1.165) is 31.4 Å². The van der Waals surface area contributed by atoms with Gasteiger partial charge in [0, 0.05) is 44.1 Å². The quantitative estimate of drug-likeness (QED) is 0.670. The van der Waals surface area contributed by atoms with E-state index in [2.05, 4.69) is 33.4 Å². The molecule has 1 fully saturated rings. The Balaban J connectivity index is 1.22. The highest BCUT2D eigenvalue weighted by atomic mass is 16.2. The Kier molecular flexibility index (Phi) is 6.02. The third-order valence-corrected chi connectivity index (χ3v) is 6.49. The van der Waals surface area contributed by atoms with Crippen LogP contribution in [0.15, 0.2) is 67.0 Å². The maximum atomic E-state index is 13.2. The number of piperidine rings is 1. The number of nitrogens with one attached hydrogen (secondary N) is 1. The molecule has 7 heteroatoms. The molecule has 0 aliphatic carbocycles. The molecule has 2 aliphatic rings. The average molecular weight is 442 g/mol. The zero-order valence-corrected chi connectivity index (χ0v) is 18.5.